The van der Waals surface area contributed by atoms with Crippen molar-refractivity contribution < 1.29 is 9.47 Å². The molecule has 2 heterocycles. The second-order valence-corrected chi connectivity index (χ2v) is 10.7. The maximum Gasteiger partial charge on any atom is 0.142 e. The number of aromatic nitrogens is 2. The average molecular weight is 539 g/mol. The van der Waals surface area contributed by atoms with Crippen LogP contribution in [-0.2, 0) is 6.42 Å². The molecule has 0 radical (unpaired) electrons. The molecule has 7 rings (SSSR count). The van der Waals surface area contributed by atoms with Crippen LogP contribution in [0.15, 0.2) is 103 Å². The monoisotopic (exact) mass is 538 g/mol. The van der Waals surface area contributed by atoms with Gasteiger partial charge in [-0.3, -0.25) is 0 Å². The van der Waals surface area contributed by atoms with Gasteiger partial charge < -0.3 is 18.6 Å². The summed E-state index contributed by atoms with van der Waals surface area (Å²) >= 11 is 0. The molecular weight excluding hydrogens is 504 g/mol. The average Bonchev–Trinajstić information content (AvgIpc) is 3.53. The highest BCUT2D eigenvalue weighted by Gasteiger charge is 2.24. The van der Waals surface area contributed by atoms with Crippen LogP contribution in [0.5, 0.6) is 11.5 Å². The second kappa shape index (κ2) is 10.4. The number of ether oxygens (including phenoxy) is 2. The Bertz CT molecular complexity index is 2040. The predicted molar refractivity (Wildman–Crippen MR) is 171 cm³/mol. The second-order valence-electron chi connectivity index (χ2n) is 10.7. The van der Waals surface area contributed by atoms with Gasteiger partial charge in [0.2, 0.25) is 0 Å². The zero-order valence-electron chi connectivity index (χ0n) is 23.9. The van der Waals surface area contributed by atoms with Crippen molar-refractivity contribution in [2.75, 3.05) is 14.2 Å². The molecule has 7 aromatic rings. The summed E-state index contributed by atoms with van der Waals surface area (Å²) in [5.41, 5.74) is 8.34. The Morgan fingerprint density at radius 2 is 1.12 bits per heavy atom. The van der Waals surface area contributed by atoms with E-state index in [0.717, 1.165) is 35.7 Å². The van der Waals surface area contributed by atoms with Gasteiger partial charge in [0.25, 0.3) is 0 Å². The van der Waals surface area contributed by atoms with E-state index in [-0.39, 0.29) is 0 Å². The third-order valence-corrected chi connectivity index (χ3v) is 8.38. The summed E-state index contributed by atoms with van der Waals surface area (Å²) in [6, 6.07) is 36.6. The van der Waals surface area contributed by atoms with Gasteiger partial charge in [0.05, 0.1) is 47.7 Å². The van der Waals surface area contributed by atoms with Crippen molar-refractivity contribution in [3.63, 3.8) is 0 Å². The molecule has 0 amide bonds. The van der Waals surface area contributed by atoms with Crippen LogP contribution in [-0.4, -0.2) is 23.4 Å². The number of aryl methyl sites for hydroxylation is 1. The maximum absolute atomic E-state index is 5.91. The van der Waals surface area contributed by atoms with Gasteiger partial charge in [-0.05, 0) is 60.9 Å². The fraction of sp³-hybridized carbons (Fsp3) is 0.189. The summed E-state index contributed by atoms with van der Waals surface area (Å²) in [6.07, 6.45) is 4.49. The number of rotatable bonds is 8. The van der Waals surface area contributed by atoms with Crippen molar-refractivity contribution in [3.8, 4) is 22.9 Å². The van der Waals surface area contributed by atoms with E-state index in [2.05, 4.69) is 101 Å². The van der Waals surface area contributed by atoms with Gasteiger partial charge in [-0.1, -0.05) is 80.4 Å². The topological polar surface area (TPSA) is 28.3 Å². The summed E-state index contributed by atoms with van der Waals surface area (Å²) < 4.78 is 16.6. The summed E-state index contributed by atoms with van der Waals surface area (Å²) in [6.45, 7) is 2.27. The molecule has 0 spiro atoms. The van der Waals surface area contributed by atoms with E-state index in [9.17, 15) is 0 Å². The predicted octanol–water partition coefficient (Wildman–Crippen LogP) is 9.63. The van der Waals surface area contributed by atoms with Gasteiger partial charge in [0.15, 0.2) is 0 Å². The first kappa shape index (κ1) is 25.3. The van der Waals surface area contributed by atoms with Crippen LogP contribution in [0.1, 0.15) is 31.7 Å². The van der Waals surface area contributed by atoms with Crippen LogP contribution in [0.2, 0.25) is 0 Å². The molecule has 0 aliphatic rings. The Morgan fingerprint density at radius 1 is 0.561 bits per heavy atom. The van der Waals surface area contributed by atoms with Gasteiger partial charge >= 0.3 is 0 Å². The number of methoxy groups -OCH3 is 2. The lowest BCUT2D eigenvalue weighted by Crippen LogP contribution is -2.01. The molecule has 0 aliphatic carbocycles. The molecule has 0 aliphatic heterocycles. The minimum absolute atomic E-state index is 0.860. The first-order valence-corrected chi connectivity index (χ1v) is 14.5. The Morgan fingerprint density at radius 3 is 1.78 bits per heavy atom. The lowest BCUT2D eigenvalue weighted by Gasteiger charge is -2.16. The number of nitrogens with zero attached hydrogens (tertiary/aromatic N) is 2. The molecule has 204 valence electrons. The number of unbranched alkanes of at least 4 members (excludes halogenated alkanes) is 2. The molecule has 0 N–H and O–H groups in total. The highest BCUT2D eigenvalue weighted by atomic mass is 16.5. The van der Waals surface area contributed by atoms with Crippen molar-refractivity contribution in [2.45, 2.75) is 32.6 Å². The Hall–Kier alpha value is -4.70. The van der Waals surface area contributed by atoms with Crippen LogP contribution < -0.4 is 9.47 Å². The molecule has 0 atom stereocenters. The van der Waals surface area contributed by atoms with Gasteiger partial charge in [0.1, 0.15) is 11.5 Å². The first-order chi connectivity index (χ1) is 20.3. The highest BCUT2D eigenvalue weighted by Crippen LogP contribution is 2.44. The quantitative estimate of drug-likeness (QED) is 0.180. The van der Waals surface area contributed by atoms with E-state index in [0.29, 0.717) is 0 Å². The van der Waals surface area contributed by atoms with Crippen molar-refractivity contribution in [1.82, 2.24) is 9.13 Å². The molecule has 0 fully saturated rings. The summed E-state index contributed by atoms with van der Waals surface area (Å²) in [5.74, 6) is 1.73. The molecule has 4 heteroatoms. The van der Waals surface area contributed by atoms with E-state index in [4.69, 9.17) is 9.47 Å². The number of hydrogen-bond donors (Lipinski definition) is 0. The normalized spacial score (nSPS) is 11.7. The fourth-order valence-corrected chi connectivity index (χ4v) is 6.61. The molecule has 5 aromatic carbocycles. The van der Waals surface area contributed by atoms with E-state index in [1.165, 1.54) is 62.0 Å². The van der Waals surface area contributed by atoms with Gasteiger partial charge in [-0.25, -0.2) is 0 Å². The Balaban J connectivity index is 1.72. The molecule has 4 nitrogen and oxygen atoms in total. The van der Waals surface area contributed by atoms with Gasteiger partial charge in [0, 0.05) is 21.5 Å². The van der Waals surface area contributed by atoms with Crippen LogP contribution in [0.3, 0.4) is 0 Å². The van der Waals surface area contributed by atoms with E-state index < -0.39 is 0 Å². The summed E-state index contributed by atoms with van der Waals surface area (Å²) in [5, 5.41) is 5.07. The van der Waals surface area contributed by atoms with Crippen LogP contribution in [0.4, 0.5) is 0 Å². The zero-order chi connectivity index (χ0) is 27.9. The standard InChI is InChI=1S/C37H34N2O2/c1-4-5-6-17-27-36-26-16-8-10-19-30(26)38(31-20-11-13-22-34(31)40-2)33(36)24-28-25-15-7-9-18-29(25)39(37(27)28)32-21-12-14-23-35(32)41-3/h7-16,18-24H,4-6,17H2,1-3H3. The summed E-state index contributed by atoms with van der Waals surface area (Å²) in [7, 11) is 3.51. The number of fused-ring (bicyclic) bond motifs is 6. The molecule has 2 aromatic heterocycles. The number of hydrogen-bond acceptors (Lipinski definition) is 2. The third kappa shape index (κ3) is 3.89. The van der Waals surface area contributed by atoms with Crippen molar-refractivity contribution in [3.05, 3.63) is 109 Å². The lowest BCUT2D eigenvalue weighted by atomic mass is 9.97. The van der Waals surface area contributed by atoms with Crippen LogP contribution in [0, 0.1) is 0 Å². The number of para-hydroxylation sites is 6. The molecule has 0 saturated heterocycles. The van der Waals surface area contributed by atoms with Crippen molar-refractivity contribution >= 4 is 43.6 Å². The third-order valence-electron chi connectivity index (χ3n) is 8.38. The van der Waals surface area contributed by atoms with Crippen LogP contribution >= 0.6 is 0 Å². The van der Waals surface area contributed by atoms with E-state index >= 15 is 0 Å². The highest BCUT2D eigenvalue weighted by molar-refractivity contribution is 6.21. The van der Waals surface area contributed by atoms with E-state index in [1.807, 2.05) is 18.2 Å². The smallest absolute Gasteiger partial charge is 0.142 e. The molecule has 0 bridgehead atoms. The Labute approximate surface area is 240 Å². The molecule has 0 unspecified atom stereocenters. The van der Waals surface area contributed by atoms with E-state index in [1.54, 1.807) is 14.2 Å². The molecule has 41 heavy (non-hydrogen) atoms. The fourth-order valence-electron chi connectivity index (χ4n) is 6.61. The maximum atomic E-state index is 5.91. The first-order valence-electron chi connectivity index (χ1n) is 14.5. The SMILES string of the molecule is CCCCCc1c2c3ccccc3n(-c3ccccc3OC)c2cc2c3ccccc3n(-c3ccccc3OC)c12. The largest absolute Gasteiger partial charge is 0.495 e. The lowest BCUT2D eigenvalue weighted by molar-refractivity contribution is 0.413. The van der Waals surface area contributed by atoms with Crippen molar-refractivity contribution in [2.24, 2.45) is 0 Å². The molecular formula is C37H34N2O2. The zero-order valence-corrected chi connectivity index (χ0v) is 23.9. The van der Waals surface area contributed by atoms with Gasteiger partial charge in [-0.15, -0.1) is 0 Å². The van der Waals surface area contributed by atoms with Crippen molar-refractivity contribution in [1.29, 1.82) is 0 Å². The van der Waals surface area contributed by atoms with Crippen LogP contribution in [0.25, 0.3) is 55.0 Å². The minimum Gasteiger partial charge on any atom is -0.495 e. The minimum atomic E-state index is 0.860. The van der Waals surface area contributed by atoms with Gasteiger partial charge in [-0.2, -0.15) is 0 Å². The summed E-state index contributed by atoms with van der Waals surface area (Å²) in [4.78, 5) is 0. The molecule has 0 saturated carbocycles. The number of benzene rings is 5. The Kier molecular flexibility index (Phi) is 6.39.